The lowest BCUT2D eigenvalue weighted by atomic mass is 9.66. The van der Waals surface area contributed by atoms with Crippen LogP contribution >= 0.6 is 0 Å². The van der Waals surface area contributed by atoms with E-state index in [4.69, 9.17) is 4.98 Å². The molecule has 4 aromatic rings. The number of nitrogens with zero attached hydrogens (tertiary/aromatic N) is 5. The van der Waals surface area contributed by atoms with Gasteiger partial charge >= 0.3 is 0 Å². The van der Waals surface area contributed by atoms with Gasteiger partial charge in [0.1, 0.15) is 23.4 Å². The van der Waals surface area contributed by atoms with Gasteiger partial charge in [0, 0.05) is 0 Å². The molecule has 36 heavy (non-hydrogen) atoms. The van der Waals surface area contributed by atoms with Gasteiger partial charge in [-0.2, -0.15) is 10.2 Å². The number of fused-ring (bicyclic) bond motifs is 5. The Morgan fingerprint density at radius 2 is 1.81 bits per heavy atom. The number of aliphatic hydroxyl groups is 2. The van der Waals surface area contributed by atoms with Crippen LogP contribution in [0.5, 0.6) is 0 Å². The van der Waals surface area contributed by atoms with Crippen LogP contribution in [0.1, 0.15) is 61.5 Å². The van der Waals surface area contributed by atoms with E-state index in [1.54, 1.807) is 12.1 Å². The Labute approximate surface area is 205 Å². The third-order valence-electron chi connectivity index (χ3n) is 8.00. The van der Waals surface area contributed by atoms with Crippen LogP contribution in [0, 0.1) is 17.0 Å². The average molecular weight is 491 g/mol. The molecule has 0 spiro atoms. The van der Waals surface area contributed by atoms with Crippen LogP contribution in [0.4, 0.5) is 8.78 Å². The summed E-state index contributed by atoms with van der Waals surface area (Å²) >= 11 is 0. The molecule has 2 aliphatic rings. The maximum Gasteiger partial charge on any atom is 0.181 e. The maximum absolute atomic E-state index is 14.5. The number of aliphatic hydroxyl groups excluding tert-OH is 2. The van der Waals surface area contributed by atoms with Crippen molar-refractivity contribution < 1.29 is 19.0 Å². The van der Waals surface area contributed by atoms with Crippen LogP contribution < -0.4 is 0 Å². The third kappa shape index (κ3) is 3.00. The number of benzene rings is 1. The zero-order valence-corrected chi connectivity index (χ0v) is 19.7. The van der Waals surface area contributed by atoms with E-state index >= 15 is 0 Å². The van der Waals surface area contributed by atoms with Crippen molar-refractivity contribution in [3.8, 4) is 22.8 Å². The Bertz CT molecular complexity index is 1470. The van der Waals surface area contributed by atoms with Crippen molar-refractivity contribution in [2.45, 2.75) is 44.1 Å². The van der Waals surface area contributed by atoms with Crippen LogP contribution in [0.3, 0.4) is 0 Å². The first kappa shape index (κ1) is 22.8. The highest BCUT2D eigenvalue weighted by molar-refractivity contribution is 5.64. The highest BCUT2D eigenvalue weighted by Crippen LogP contribution is 2.69. The monoisotopic (exact) mass is 490 g/mol. The Balaban J connectivity index is 1.47. The second-order valence-electron chi connectivity index (χ2n) is 10.00. The van der Waals surface area contributed by atoms with Gasteiger partial charge in [0.05, 0.1) is 34.7 Å². The second kappa shape index (κ2) is 7.94. The van der Waals surface area contributed by atoms with Crippen molar-refractivity contribution in [3.63, 3.8) is 0 Å². The van der Waals surface area contributed by atoms with E-state index in [9.17, 15) is 19.0 Å². The fourth-order valence-electron chi connectivity index (χ4n) is 6.18. The van der Waals surface area contributed by atoms with E-state index in [1.165, 1.54) is 18.2 Å². The molecule has 3 aromatic heterocycles. The van der Waals surface area contributed by atoms with E-state index < -0.39 is 29.8 Å². The van der Waals surface area contributed by atoms with Crippen LogP contribution in [0.25, 0.3) is 22.8 Å². The van der Waals surface area contributed by atoms with Gasteiger partial charge < -0.3 is 10.2 Å². The lowest BCUT2D eigenvalue weighted by Crippen LogP contribution is -2.37. The fraction of sp³-hybridized carbons (Fsp3) is 0.346. The SMILES string of the molecule is CC1(C)[C@H]2CC[C@]1(c1cccc(-c3nc([C@@H](O)CO)n[nH]3)n1)c1nnc(-c3c(F)cccc3F)cc12. The normalized spacial score (nSPS) is 22.6. The zero-order chi connectivity index (χ0) is 25.2. The molecule has 0 radical (unpaired) electrons. The first-order valence-corrected chi connectivity index (χ1v) is 11.8. The molecule has 3 heterocycles. The third-order valence-corrected chi connectivity index (χ3v) is 8.00. The molecule has 6 rings (SSSR count). The Hall–Kier alpha value is -3.63. The smallest absolute Gasteiger partial charge is 0.181 e. The van der Waals surface area contributed by atoms with Gasteiger partial charge in [0.2, 0.25) is 0 Å². The molecule has 0 amide bonds. The first-order valence-electron chi connectivity index (χ1n) is 11.8. The van der Waals surface area contributed by atoms with Gasteiger partial charge in [0.15, 0.2) is 11.6 Å². The van der Waals surface area contributed by atoms with E-state index in [0.717, 1.165) is 29.8 Å². The Morgan fingerprint density at radius 3 is 2.56 bits per heavy atom. The largest absolute Gasteiger partial charge is 0.393 e. The van der Waals surface area contributed by atoms with Crippen molar-refractivity contribution in [1.29, 1.82) is 0 Å². The van der Waals surface area contributed by atoms with Gasteiger partial charge in [-0.25, -0.2) is 18.7 Å². The molecule has 0 unspecified atom stereocenters. The molecule has 3 atom stereocenters. The van der Waals surface area contributed by atoms with E-state index in [1.807, 2.05) is 12.1 Å². The number of rotatable bonds is 5. The molecule has 2 bridgehead atoms. The molecule has 1 aromatic carbocycles. The van der Waals surface area contributed by atoms with Gasteiger partial charge in [-0.15, -0.1) is 5.10 Å². The molecule has 1 saturated carbocycles. The van der Waals surface area contributed by atoms with Crippen molar-refractivity contribution in [2.75, 3.05) is 6.61 Å². The van der Waals surface area contributed by atoms with Gasteiger partial charge in [0.25, 0.3) is 0 Å². The molecular weight excluding hydrogens is 466 g/mol. The van der Waals surface area contributed by atoms with Crippen molar-refractivity contribution in [2.24, 2.45) is 5.41 Å². The van der Waals surface area contributed by atoms with Gasteiger partial charge in [-0.05, 0) is 60.1 Å². The molecule has 0 aliphatic heterocycles. The van der Waals surface area contributed by atoms with E-state index in [2.05, 4.69) is 39.2 Å². The van der Waals surface area contributed by atoms with Crippen LogP contribution in [0.2, 0.25) is 0 Å². The molecular formula is C26H24F2N6O2. The summed E-state index contributed by atoms with van der Waals surface area (Å²) in [5, 5.41) is 34.6. The predicted molar refractivity (Wildman–Crippen MR) is 126 cm³/mol. The molecule has 10 heteroatoms. The number of aromatic nitrogens is 6. The van der Waals surface area contributed by atoms with Crippen LogP contribution in [-0.2, 0) is 5.41 Å². The number of hydrogen-bond donors (Lipinski definition) is 3. The van der Waals surface area contributed by atoms with Crippen LogP contribution in [0.15, 0.2) is 42.5 Å². The highest BCUT2D eigenvalue weighted by atomic mass is 19.1. The van der Waals surface area contributed by atoms with Crippen LogP contribution in [-0.4, -0.2) is 47.2 Å². The topological polar surface area (TPSA) is 121 Å². The van der Waals surface area contributed by atoms with Gasteiger partial charge in [-0.1, -0.05) is 26.0 Å². The number of aromatic amines is 1. The number of H-pyrrole nitrogens is 1. The minimum atomic E-state index is -1.18. The lowest BCUT2D eigenvalue weighted by Gasteiger charge is -2.37. The summed E-state index contributed by atoms with van der Waals surface area (Å²) in [6.07, 6.45) is 0.504. The minimum absolute atomic E-state index is 0.0871. The molecule has 8 nitrogen and oxygen atoms in total. The lowest BCUT2D eigenvalue weighted by molar-refractivity contribution is 0.0889. The summed E-state index contributed by atoms with van der Waals surface area (Å²) < 4.78 is 29.0. The predicted octanol–water partition coefficient (Wildman–Crippen LogP) is 3.83. The summed E-state index contributed by atoms with van der Waals surface area (Å²) in [4.78, 5) is 9.21. The van der Waals surface area contributed by atoms with Crippen molar-refractivity contribution in [1.82, 2.24) is 30.4 Å². The zero-order valence-electron chi connectivity index (χ0n) is 19.7. The molecule has 0 saturated heterocycles. The number of nitrogens with one attached hydrogen (secondary N) is 1. The minimum Gasteiger partial charge on any atom is -0.393 e. The Morgan fingerprint density at radius 1 is 1.06 bits per heavy atom. The number of pyridine rings is 1. The van der Waals surface area contributed by atoms with E-state index in [-0.39, 0.29) is 28.4 Å². The molecule has 2 aliphatic carbocycles. The summed E-state index contributed by atoms with van der Waals surface area (Å²) in [6.45, 7) is 3.86. The second-order valence-corrected chi connectivity index (χ2v) is 10.00. The summed E-state index contributed by atoms with van der Waals surface area (Å²) in [5.41, 5.74) is 2.25. The van der Waals surface area contributed by atoms with E-state index in [0.29, 0.717) is 11.5 Å². The van der Waals surface area contributed by atoms with Crippen molar-refractivity contribution >= 4 is 0 Å². The molecule has 1 fully saturated rings. The summed E-state index contributed by atoms with van der Waals surface area (Å²) in [5.74, 6) is -0.762. The number of halogens is 2. The standard InChI is InChI=1S/C26H24F2N6O2/c1-25(2)14-9-10-26(25,20-8-4-7-17(29-20)23-30-24(34-33-23)19(36)12-35)22-13(14)11-18(31-32-22)21-15(27)5-3-6-16(21)28/h3-8,11,14,19,35-36H,9-10,12H2,1-2H3,(H,30,33,34)/t14-,19-,26-/m0/s1. The first-order chi connectivity index (χ1) is 17.3. The molecule has 184 valence electrons. The summed E-state index contributed by atoms with van der Waals surface area (Å²) in [7, 11) is 0. The van der Waals surface area contributed by atoms with Crippen molar-refractivity contribution in [3.05, 3.63) is 76.9 Å². The molecule has 3 N–H and O–H groups in total. The summed E-state index contributed by atoms with van der Waals surface area (Å²) in [6, 6.07) is 11.2. The highest BCUT2D eigenvalue weighted by Gasteiger charge is 2.65. The average Bonchev–Trinajstić information content (AvgIpc) is 3.52. The number of hydrogen-bond acceptors (Lipinski definition) is 7. The quantitative estimate of drug-likeness (QED) is 0.389. The fourth-order valence-corrected chi connectivity index (χ4v) is 6.18. The van der Waals surface area contributed by atoms with Gasteiger partial charge in [-0.3, -0.25) is 5.10 Å². The Kier molecular flexibility index (Phi) is 5.03. The maximum atomic E-state index is 14.5.